The molecule has 9 heteroatoms. The zero-order valence-corrected chi connectivity index (χ0v) is 14.4. The minimum absolute atomic E-state index is 0.157. The molecule has 1 aromatic carbocycles. The lowest BCUT2D eigenvalue weighted by Gasteiger charge is -2.11. The maximum absolute atomic E-state index is 12.3. The van der Waals surface area contributed by atoms with Gasteiger partial charge in [-0.3, -0.25) is 24.3 Å². The van der Waals surface area contributed by atoms with Crippen LogP contribution in [0.1, 0.15) is 24.1 Å². The molecule has 0 spiro atoms. The summed E-state index contributed by atoms with van der Waals surface area (Å²) in [6.07, 6.45) is 5.65. The highest BCUT2D eigenvalue weighted by molar-refractivity contribution is 5.93. The van der Waals surface area contributed by atoms with Gasteiger partial charge in [0.25, 0.3) is 0 Å². The van der Waals surface area contributed by atoms with Gasteiger partial charge in [0.15, 0.2) is 0 Å². The molecule has 0 bridgehead atoms. The van der Waals surface area contributed by atoms with Gasteiger partial charge in [-0.1, -0.05) is 24.3 Å². The number of benzene rings is 1. The molecule has 0 saturated heterocycles. The fourth-order valence-corrected chi connectivity index (χ4v) is 2.48. The molecule has 1 amide bonds. The fraction of sp³-hybridized carbons (Fsp3) is 0.235. The molecule has 2 heterocycles. The summed E-state index contributed by atoms with van der Waals surface area (Å²) in [6, 6.07) is 7.33. The Bertz CT molecular complexity index is 945. The Kier molecular flexibility index (Phi) is 4.78. The van der Waals surface area contributed by atoms with Gasteiger partial charge in [0.05, 0.1) is 23.4 Å². The summed E-state index contributed by atoms with van der Waals surface area (Å²) in [7, 11) is 0. The first kappa shape index (κ1) is 17.3. The van der Waals surface area contributed by atoms with E-state index in [1.807, 2.05) is 31.2 Å². The minimum Gasteiger partial charge on any atom is -0.322 e. The summed E-state index contributed by atoms with van der Waals surface area (Å²) < 4.78 is 2.99. The van der Waals surface area contributed by atoms with Crippen LogP contribution in [0.15, 0.2) is 49.1 Å². The highest BCUT2D eigenvalue weighted by Crippen LogP contribution is 2.16. The van der Waals surface area contributed by atoms with Crippen molar-refractivity contribution in [1.29, 1.82) is 0 Å². The van der Waals surface area contributed by atoms with E-state index in [1.54, 1.807) is 24.0 Å². The number of aromatic nitrogens is 4. The number of carbonyl (C=O) groups excluding carboxylic acids is 1. The van der Waals surface area contributed by atoms with Gasteiger partial charge in [0, 0.05) is 6.20 Å². The zero-order valence-electron chi connectivity index (χ0n) is 14.4. The van der Waals surface area contributed by atoms with E-state index in [-0.39, 0.29) is 11.6 Å². The van der Waals surface area contributed by atoms with Crippen LogP contribution in [0.5, 0.6) is 0 Å². The molecule has 0 aliphatic carbocycles. The maximum Gasteiger partial charge on any atom is 0.307 e. The van der Waals surface area contributed by atoms with E-state index in [0.717, 1.165) is 11.8 Å². The third kappa shape index (κ3) is 3.77. The van der Waals surface area contributed by atoms with E-state index in [1.165, 1.54) is 16.4 Å². The molecule has 0 radical (unpaired) electrons. The van der Waals surface area contributed by atoms with E-state index in [4.69, 9.17) is 0 Å². The quantitative estimate of drug-likeness (QED) is 0.540. The Labute approximate surface area is 149 Å². The summed E-state index contributed by atoms with van der Waals surface area (Å²) >= 11 is 0. The van der Waals surface area contributed by atoms with E-state index in [9.17, 15) is 14.9 Å². The maximum atomic E-state index is 12.3. The highest BCUT2D eigenvalue weighted by Gasteiger charge is 2.19. The Balaban J connectivity index is 1.65. The second kappa shape index (κ2) is 7.18. The van der Waals surface area contributed by atoms with Crippen molar-refractivity contribution >= 4 is 17.3 Å². The number of hydrogen-bond acceptors (Lipinski definition) is 5. The van der Waals surface area contributed by atoms with Crippen LogP contribution in [-0.2, 0) is 11.3 Å². The number of rotatable bonds is 6. The van der Waals surface area contributed by atoms with Crippen LogP contribution >= 0.6 is 0 Å². The lowest BCUT2D eigenvalue weighted by molar-refractivity contribution is -0.385. The summed E-state index contributed by atoms with van der Waals surface area (Å²) in [6.45, 7) is 4.25. The predicted octanol–water partition coefficient (Wildman–Crippen LogP) is 2.54. The van der Waals surface area contributed by atoms with Crippen molar-refractivity contribution in [3.63, 3.8) is 0 Å². The van der Waals surface area contributed by atoms with Gasteiger partial charge in [-0.15, -0.1) is 0 Å². The second-order valence-corrected chi connectivity index (χ2v) is 5.95. The molecule has 0 fully saturated rings. The lowest BCUT2D eigenvalue weighted by atomic mass is 10.1. The summed E-state index contributed by atoms with van der Waals surface area (Å²) in [4.78, 5) is 22.5. The van der Waals surface area contributed by atoms with E-state index >= 15 is 0 Å². The molecule has 9 nitrogen and oxygen atoms in total. The third-order valence-electron chi connectivity index (χ3n) is 4.07. The van der Waals surface area contributed by atoms with Gasteiger partial charge < -0.3 is 5.32 Å². The van der Waals surface area contributed by atoms with Crippen LogP contribution in [0.3, 0.4) is 0 Å². The molecule has 0 aliphatic rings. The molecule has 134 valence electrons. The smallest absolute Gasteiger partial charge is 0.307 e. The van der Waals surface area contributed by atoms with Crippen LogP contribution in [-0.4, -0.2) is 30.4 Å². The number of anilines is 1. The first-order chi connectivity index (χ1) is 12.4. The van der Waals surface area contributed by atoms with Gasteiger partial charge in [0.2, 0.25) is 5.91 Å². The largest absolute Gasteiger partial charge is 0.322 e. The molecule has 0 aliphatic heterocycles. The van der Waals surface area contributed by atoms with Crippen molar-refractivity contribution < 1.29 is 9.72 Å². The van der Waals surface area contributed by atoms with Gasteiger partial charge in [-0.25, -0.2) is 0 Å². The molecule has 1 atom stereocenters. The number of nitro groups is 1. The van der Waals surface area contributed by atoms with Crippen LogP contribution in [0.2, 0.25) is 0 Å². The average Bonchev–Trinajstić information content (AvgIpc) is 3.26. The first-order valence-corrected chi connectivity index (χ1v) is 8.00. The fourth-order valence-electron chi connectivity index (χ4n) is 2.48. The van der Waals surface area contributed by atoms with E-state index in [0.29, 0.717) is 12.2 Å². The molecule has 26 heavy (non-hydrogen) atoms. The predicted molar refractivity (Wildman–Crippen MR) is 94.7 cm³/mol. The zero-order chi connectivity index (χ0) is 18.7. The van der Waals surface area contributed by atoms with Crippen LogP contribution in [0.4, 0.5) is 11.4 Å². The molecular formula is C17H18N6O3. The average molecular weight is 354 g/mol. The van der Waals surface area contributed by atoms with Gasteiger partial charge in [-0.2, -0.15) is 10.2 Å². The van der Waals surface area contributed by atoms with E-state index < -0.39 is 11.0 Å². The van der Waals surface area contributed by atoms with Crippen molar-refractivity contribution in [2.45, 2.75) is 26.4 Å². The molecule has 1 N–H and O–H groups in total. The van der Waals surface area contributed by atoms with Gasteiger partial charge >= 0.3 is 5.69 Å². The summed E-state index contributed by atoms with van der Waals surface area (Å²) in [5.74, 6) is -0.335. The van der Waals surface area contributed by atoms with Crippen molar-refractivity contribution in [1.82, 2.24) is 19.6 Å². The Morgan fingerprint density at radius 1 is 1.27 bits per heavy atom. The van der Waals surface area contributed by atoms with Crippen molar-refractivity contribution in [2.75, 3.05) is 5.32 Å². The number of hydrogen-bond donors (Lipinski definition) is 1. The van der Waals surface area contributed by atoms with Crippen LogP contribution < -0.4 is 5.32 Å². The number of aryl methyl sites for hydroxylation is 1. The molecule has 2 aromatic heterocycles. The monoisotopic (exact) mass is 354 g/mol. The standard InChI is InChI=1S/C17H18N6O3/c1-12-5-3-4-6-14(12)9-21-10-15(7-18-21)20-17(24)13(2)22-11-16(8-19-22)23(25)26/h3-8,10-11,13H,9H2,1-2H3,(H,20,24). The molecule has 3 rings (SSSR count). The molecule has 0 saturated carbocycles. The highest BCUT2D eigenvalue weighted by atomic mass is 16.6. The van der Waals surface area contributed by atoms with Crippen LogP contribution in [0, 0.1) is 17.0 Å². The SMILES string of the molecule is Cc1ccccc1Cn1cc(NC(=O)C(C)n2cc([N+](=O)[O-])cn2)cn1. The molecule has 3 aromatic rings. The Morgan fingerprint density at radius 2 is 2.04 bits per heavy atom. The number of nitrogens with one attached hydrogen (secondary N) is 1. The van der Waals surface area contributed by atoms with Gasteiger partial charge in [0.1, 0.15) is 18.4 Å². The normalized spacial score (nSPS) is 11.9. The Hall–Kier alpha value is -3.49. The molecular weight excluding hydrogens is 336 g/mol. The summed E-state index contributed by atoms with van der Waals surface area (Å²) in [5, 5.41) is 21.6. The topological polar surface area (TPSA) is 108 Å². The van der Waals surface area contributed by atoms with Gasteiger partial charge in [-0.05, 0) is 25.0 Å². The van der Waals surface area contributed by atoms with E-state index in [2.05, 4.69) is 15.5 Å². The second-order valence-electron chi connectivity index (χ2n) is 5.95. The number of nitrogens with zero attached hydrogens (tertiary/aromatic N) is 5. The van der Waals surface area contributed by atoms with Crippen molar-refractivity contribution in [3.8, 4) is 0 Å². The number of amides is 1. The van der Waals surface area contributed by atoms with Crippen molar-refractivity contribution in [2.24, 2.45) is 0 Å². The summed E-state index contributed by atoms with van der Waals surface area (Å²) in [5.41, 5.74) is 2.71. The molecule has 1 unspecified atom stereocenters. The Morgan fingerprint density at radius 3 is 2.73 bits per heavy atom. The number of carbonyl (C=O) groups is 1. The minimum atomic E-state index is -0.691. The first-order valence-electron chi connectivity index (χ1n) is 8.00. The third-order valence-corrected chi connectivity index (χ3v) is 4.07. The van der Waals surface area contributed by atoms with Crippen molar-refractivity contribution in [3.05, 3.63) is 70.3 Å². The lowest BCUT2D eigenvalue weighted by Crippen LogP contribution is -2.23. The van der Waals surface area contributed by atoms with Crippen LogP contribution in [0.25, 0.3) is 0 Å².